The van der Waals surface area contributed by atoms with Gasteiger partial charge in [-0.25, -0.2) is 4.79 Å². The van der Waals surface area contributed by atoms with Crippen molar-refractivity contribution in [2.45, 2.75) is 19.4 Å². The highest BCUT2D eigenvalue weighted by Gasteiger charge is 2.27. The monoisotopic (exact) mass is 337 g/mol. The minimum atomic E-state index is -0.102. The number of likely N-dealkylation sites (tertiary alicyclic amines) is 1. The van der Waals surface area contributed by atoms with Gasteiger partial charge in [0.15, 0.2) is 0 Å². The zero-order chi connectivity index (χ0) is 17.5. The first-order chi connectivity index (χ1) is 12.2. The van der Waals surface area contributed by atoms with Crippen molar-refractivity contribution in [2.24, 2.45) is 5.92 Å². The molecule has 2 N–H and O–H groups in total. The molecule has 25 heavy (non-hydrogen) atoms. The standard InChI is InChI=1S/C20H23N3O2/c24-19(21-15-16-7-3-1-4-8-16)17-11-13-23(14-12-17)20(25)22-18-9-5-2-6-10-18/h1-10,17H,11-15H2,(H,21,24)(H,22,25). The molecular formula is C20H23N3O2. The first-order valence-corrected chi connectivity index (χ1v) is 8.65. The number of carbonyl (C=O) groups excluding carboxylic acids is 2. The molecule has 1 saturated heterocycles. The fourth-order valence-electron chi connectivity index (χ4n) is 3.00. The lowest BCUT2D eigenvalue weighted by Crippen LogP contribution is -2.44. The number of rotatable bonds is 4. The summed E-state index contributed by atoms with van der Waals surface area (Å²) in [6, 6.07) is 19.2. The molecule has 1 fully saturated rings. The molecule has 1 aliphatic rings. The van der Waals surface area contributed by atoms with Crippen LogP contribution >= 0.6 is 0 Å². The number of piperidine rings is 1. The van der Waals surface area contributed by atoms with Crippen molar-refractivity contribution < 1.29 is 9.59 Å². The third kappa shape index (κ3) is 4.83. The van der Waals surface area contributed by atoms with Crippen LogP contribution in [0.3, 0.4) is 0 Å². The van der Waals surface area contributed by atoms with Crippen LogP contribution in [0.2, 0.25) is 0 Å². The molecule has 0 aliphatic carbocycles. The van der Waals surface area contributed by atoms with Gasteiger partial charge >= 0.3 is 6.03 Å². The number of hydrogen-bond donors (Lipinski definition) is 2. The number of benzene rings is 2. The summed E-state index contributed by atoms with van der Waals surface area (Å²) in [5, 5.41) is 5.88. The zero-order valence-electron chi connectivity index (χ0n) is 14.2. The zero-order valence-corrected chi connectivity index (χ0v) is 14.2. The van der Waals surface area contributed by atoms with Crippen LogP contribution in [-0.4, -0.2) is 29.9 Å². The summed E-state index contributed by atoms with van der Waals surface area (Å²) in [5.74, 6) is 0.0523. The van der Waals surface area contributed by atoms with Crippen LogP contribution < -0.4 is 10.6 Å². The summed E-state index contributed by atoms with van der Waals surface area (Å²) in [5.41, 5.74) is 1.88. The molecule has 5 heteroatoms. The number of carbonyl (C=O) groups is 2. The third-order valence-electron chi connectivity index (χ3n) is 4.49. The van der Waals surface area contributed by atoms with Crippen molar-refractivity contribution in [1.29, 1.82) is 0 Å². The lowest BCUT2D eigenvalue weighted by molar-refractivity contribution is -0.126. The number of amides is 3. The molecule has 1 aliphatic heterocycles. The van der Waals surface area contributed by atoms with E-state index in [1.54, 1.807) is 4.90 Å². The van der Waals surface area contributed by atoms with Crippen molar-refractivity contribution in [1.82, 2.24) is 10.2 Å². The minimum absolute atomic E-state index is 0.0236. The van der Waals surface area contributed by atoms with E-state index < -0.39 is 0 Å². The van der Waals surface area contributed by atoms with Crippen molar-refractivity contribution in [3.63, 3.8) is 0 Å². The Labute approximate surface area is 148 Å². The SMILES string of the molecule is O=C(NCc1ccccc1)C1CCN(C(=O)Nc2ccccc2)CC1. The third-order valence-corrected chi connectivity index (χ3v) is 4.49. The summed E-state index contributed by atoms with van der Waals surface area (Å²) >= 11 is 0. The lowest BCUT2D eigenvalue weighted by Gasteiger charge is -2.31. The van der Waals surface area contributed by atoms with Crippen LogP contribution in [0.25, 0.3) is 0 Å². The van der Waals surface area contributed by atoms with Crippen LogP contribution in [0.4, 0.5) is 10.5 Å². The van der Waals surface area contributed by atoms with E-state index in [0.717, 1.165) is 11.3 Å². The van der Waals surface area contributed by atoms with E-state index in [-0.39, 0.29) is 17.9 Å². The Kier molecular flexibility index (Phi) is 5.67. The van der Waals surface area contributed by atoms with E-state index in [4.69, 9.17) is 0 Å². The quantitative estimate of drug-likeness (QED) is 0.900. The maximum Gasteiger partial charge on any atom is 0.321 e. The highest BCUT2D eigenvalue weighted by molar-refractivity contribution is 5.89. The lowest BCUT2D eigenvalue weighted by atomic mass is 9.96. The molecule has 0 atom stereocenters. The fraction of sp³-hybridized carbons (Fsp3) is 0.300. The Morgan fingerprint density at radius 2 is 1.52 bits per heavy atom. The van der Waals surface area contributed by atoms with Gasteiger partial charge in [0, 0.05) is 31.2 Å². The van der Waals surface area contributed by atoms with Crippen molar-refractivity contribution in [2.75, 3.05) is 18.4 Å². The second-order valence-corrected chi connectivity index (χ2v) is 6.26. The van der Waals surface area contributed by atoms with Crippen LogP contribution in [0.5, 0.6) is 0 Å². The van der Waals surface area contributed by atoms with Gasteiger partial charge in [-0.1, -0.05) is 48.5 Å². The molecule has 1 heterocycles. The maximum atomic E-state index is 12.3. The molecule has 0 spiro atoms. The molecule has 0 saturated carbocycles. The number of nitrogens with one attached hydrogen (secondary N) is 2. The first kappa shape index (κ1) is 17.0. The molecule has 3 rings (SSSR count). The number of para-hydroxylation sites is 1. The van der Waals surface area contributed by atoms with E-state index in [1.807, 2.05) is 60.7 Å². The molecule has 5 nitrogen and oxygen atoms in total. The van der Waals surface area contributed by atoms with E-state index in [0.29, 0.717) is 32.5 Å². The molecular weight excluding hydrogens is 314 g/mol. The van der Waals surface area contributed by atoms with Gasteiger partial charge in [0.1, 0.15) is 0 Å². The topological polar surface area (TPSA) is 61.4 Å². The predicted molar refractivity (Wildman–Crippen MR) is 98.0 cm³/mol. The average Bonchev–Trinajstić information content (AvgIpc) is 2.68. The van der Waals surface area contributed by atoms with Crippen molar-refractivity contribution in [3.8, 4) is 0 Å². The number of urea groups is 1. The van der Waals surface area contributed by atoms with Crippen LogP contribution in [0, 0.1) is 5.92 Å². The Hall–Kier alpha value is -2.82. The van der Waals surface area contributed by atoms with Gasteiger partial charge in [-0.3, -0.25) is 4.79 Å². The van der Waals surface area contributed by atoms with Gasteiger partial charge in [-0.2, -0.15) is 0 Å². The number of hydrogen-bond acceptors (Lipinski definition) is 2. The highest BCUT2D eigenvalue weighted by Crippen LogP contribution is 2.18. The van der Waals surface area contributed by atoms with Gasteiger partial charge < -0.3 is 15.5 Å². The normalized spacial score (nSPS) is 14.8. The number of nitrogens with zero attached hydrogens (tertiary/aromatic N) is 1. The van der Waals surface area contributed by atoms with E-state index in [1.165, 1.54) is 0 Å². The fourth-order valence-corrected chi connectivity index (χ4v) is 3.00. The summed E-state index contributed by atoms with van der Waals surface area (Å²) < 4.78 is 0. The van der Waals surface area contributed by atoms with Crippen molar-refractivity contribution in [3.05, 3.63) is 66.2 Å². The predicted octanol–water partition coefficient (Wildman–Crippen LogP) is 3.25. The average molecular weight is 337 g/mol. The summed E-state index contributed by atoms with van der Waals surface area (Å²) in [6.07, 6.45) is 1.39. The Morgan fingerprint density at radius 1 is 0.920 bits per heavy atom. The maximum absolute atomic E-state index is 12.3. The highest BCUT2D eigenvalue weighted by atomic mass is 16.2. The largest absolute Gasteiger partial charge is 0.352 e. The van der Waals surface area contributed by atoms with Crippen LogP contribution in [-0.2, 0) is 11.3 Å². The molecule has 0 radical (unpaired) electrons. The van der Waals surface area contributed by atoms with Gasteiger partial charge in [-0.15, -0.1) is 0 Å². The second-order valence-electron chi connectivity index (χ2n) is 6.26. The molecule has 130 valence electrons. The van der Waals surface area contributed by atoms with Crippen LogP contribution in [0.1, 0.15) is 18.4 Å². The minimum Gasteiger partial charge on any atom is -0.352 e. The molecule has 3 amide bonds. The Bertz CT molecular complexity index is 695. The van der Waals surface area contributed by atoms with Crippen LogP contribution in [0.15, 0.2) is 60.7 Å². The Balaban J connectivity index is 1.43. The molecule has 0 bridgehead atoms. The molecule has 0 unspecified atom stereocenters. The summed E-state index contributed by atoms with van der Waals surface area (Å²) in [6.45, 7) is 1.75. The summed E-state index contributed by atoms with van der Waals surface area (Å²) in [7, 11) is 0. The van der Waals surface area contributed by atoms with E-state index in [2.05, 4.69) is 10.6 Å². The Morgan fingerprint density at radius 3 is 2.16 bits per heavy atom. The van der Waals surface area contributed by atoms with Gasteiger partial charge in [0.05, 0.1) is 0 Å². The molecule has 0 aromatic heterocycles. The van der Waals surface area contributed by atoms with E-state index >= 15 is 0 Å². The van der Waals surface area contributed by atoms with Crippen molar-refractivity contribution >= 4 is 17.6 Å². The summed E-state index contributed by atoms with van der Waals surface area (Å²) in [4.78, 5) is 26.3. The number of anilines is 1. The van der Waals surface area contributed by atoms with Gasteiger partial charge in [0.25, 0.3) is 0 Å². The smallest absolute Gasteiger partial charge is 0.321 e. The van der Waals surface area contributed by atoms with E-state index in [9.17, 15) is 9.59 Å². The second kappa shape index (κ2) is 8.33. The first-order valence-electron chi connectivity index (χ1n) is 8.65. The molecule has 2 aromatic carbocycles. The van der Waals surface area contributed by atoms with Gasteiger partial charge in [-0.05, 0) is 30.5 Å². The molecule has 2 aromatic rings. The van der Waals surface area contributed by atoms with Gasteiger partial charge in [0.2, 0.25) is 5.91 Å².